The summed E-state index contributed by atoms with van der Waals surface area (Å²) in [6, 6.07) is 15.5. The van der Waals surface area contributed by atoms with Crippen LogP contribution in [0, 0.1) is 6.92 Å². The van der Waals surface area contributed by atoms with Gasteiger partial charge in [-0.05, 0) is 30.7 Å². The van der Waals surface area contributed by atoms with E-state index >= 15 is 0 Å². The minimum Gasteiger partial charge on any atom is -0.480 e. The molecule has 0 spiro atoms. The molecule has 0 unspecified atom stereocenters. The summed E-state index contributed by atoms with van der Waals surface area (Å²) in [5.41, 5.74) is 7.03. The van der Waals surface area contributed by atoms with E-state index in [0.717, 1.165) is 16.2 Å². The second-order valence-electron chi connectivity index (χ2n) is 5.56. The largest absolute Gasteiger partial charge is 0.480 e. The summed E-state index contributed by atoms with van der Waals surface area (Å²) in [7, 11) is 0. The van der Waals surface area contributed by atoms with E-state index < -0.39 is 6.10 Å². The van der Waals surface area contributed by atoms with Gasteiger partial charge in [-0.3, -0.25) is 20.4 Å². The molecule has 2 aromatic rings. The summed E-state index contributed by atoms with van der Waals surface area (Å²) in [5.74, 6) is 0.345. The number of thioether (sulfide) groups is 1. The molecule has 3 rings (SSSR count). The van der Waals surface area contributed by atoms with Crippen LogP contribution in [-0.2, 0) is 16.0 Å². The van der Waals surface area contributed by atoms with Crippen LogP contribution in [0.2, 0.25) is 0 Å². The maximum absolute atomic E-state index is 12.1. The first kappa shape index (κ1) is 16.4. The highest BCUT2D eigenvalue weighted by Crippen LogP contribution is 2.28. The summed E-state index contributed by atoms with van der Waals surface area (Å²) >= 11 is 1.42. The molecule has 1 aliphatic heterocycles. The number of aryl methyl sites for hydroxylation is 1. The van der Waals surface area contributed by atoms with E-state index in [4.69, 9.17) is 4.74 Å². The molecule has 0 aromatic heterocycles. The van der Waals surface area contributed by atoms with E-state index in [1.807, 2.05) is 55.5 Å². The average Bonchev–Trinajstić information content (AvgIpc) is 3.03. The highest BCUT2D eigenvalue weighted by atomic mass is 32.2. The number of amides is 2. The first-order valence-corrected chi connectivity index (χ1v) is 8.63. The number of rotatable bonds is 4. The monoisotopic (exact) mass is 342 g/mol. The number of hydrazine groups is 1. The zero-order valence-electron chi connectivity index (χ0n) is 13.2. The molecule has 2 amide bonds. The number of ether oxygens (including phenoxy) is 1. The van der Waals surface area contributed by atoms with Crippen LogP contribution in [0.15, 0.2) is 53.4 Å². The highest BCUT2D eigenvalue weighted by Gasteiger charge is 2.28. The van der Waals surface area contributed by atoms with Crippen molar-refractivity contribution in [3.63, 3.8) is 0 Å². The van der Waals surface area contributed by atoms with Crippen LogP contribution in [0.3, 0.4) is 0 Å². The molecule has 2 N–H and O–H groups in total. The van der Waals surface area contributed by atoms with Gasteiger partial charge in [0.1, 0.15) is 5.75 Å². The van der Waals surface area contributed by atoms with Crippen LogP contribution >= 0.6 is 11.8 Å². The maximum atomic E-state index is 12.1. The molecule has 1 heterocycles. The van der Waals surface area contributed by atoms with Gasteiger partial charge in [-0.15, -0.1) is 11.8 Å². The van der Waals surface area contributed by atoms with E-state index in [-0.39, 0.29) is 17.6 Å². The van der Waals surface area contributed by atoms with Crippen molar-refractivity contribution in [3.05, 3.63) is 59.7 Å². The third-order valence-electron chi connectivity index (χ3n) is 3.66. The SMILES string of the molecule is Cc1ccc(SCC(=O)NNC(=O)[C@@H]2Cc3ccccc3O2)cc1. The van der Waals surface area contributed by atoms with E-state index in [2.05, 4.69) is 10.9 Å². The number of hydrogen-bond donors (Lipinski definition) is 2. The van der Waals surface area contributed by atoms with Crippen molar-refractivity contribution < 1.29 is 14.3 Å². The first-order valence-electron chi connectivity index (χ1n) is 7.64. The molecule has 0 aliphatic carbocycles. The number of fused-ring (bicyclic) bond motifs is 1. The second-order valence-corrected chi connectivity index (χ2v) is 6.61. The molecule has 124 valence electrons. The third kappa shape index (κ3) is 4.08. The van der Waals surface area contributed by atoms with E-state index in [1.54, 1.807) is 0 Å². The van der Waals surface area contributed by atoms with E-state index in [0.29, 0.717) is 6.42 Å². The molecule has 1 aliphatic rings. The fourth-order valence-electron chi connectivity index (χ4n) is 2.36. The molecule has 6 heteroatoms. The predicted molar refractivity (Wildman–Crippen MR) is 92.8 cm³/mol. The van der Waals surface area contributed by atoms with Crippen LogP contribution in [0.5, 0.6) is 5.75 Å². The predicted octanol–water partition coefficient (Wildman–Crippen LogP) is 2.24. The Morgan fingerprint density at radius 3 is 2.62 bits per heavy atom. The Kier molecular flexibility index (Phi) is 5.05. The minimum absolute atomic E-state index is 0.231. The summed E-state index contributed by atoms with van der Waals surface area (Å²) < 4.78 is 5.57. The standard InChI is InChI=1S/C18H18N2O3S/c1-12-6-8-14(9-7-12)24-11-17(21)19-20-18(22)16-10-13-4-2-3-5-15(13)23-16/h2-9,16H,10-11H2,1H3,(H,19,21)(H,20,22)/t16-/m0/s1. The third-order valence-corrected chi connectivity index (χ3v) is 4.67. The second kappa shape index (κ2) is 7.40. The van der Waals surface area contributed by atoms with Crippen LogP contribution in [0.25, 0.3) is 0 Å². The van der Waals surface area contributed by atoms with Crippen molar-refractivity contribution in [2.24, 2.45) is 0 Å². The number of benzene rings is 2. The molecule has 5 nitrogen and oxygen atoms in total. The summed E-state index contributed by atoms with van der Waals surface area (Å²) in [4.78, 5) is 24.9. The Morgan fingerprint density at radius 2 is 1.88 bits per heavy atom. The van der Waals surface area contributed by atoms with Crippen molar-refractivity contribution in [3.8, 4) is 5.75 Å². The molecule has 0 radical (unpaired) electrons. The quantitative estimate of drug-likeness (QED) is 0.660. The van der Waals surface area contributed by atoms with Crippen LogP contribution in [0.4, 0.5) is 0 Å². The van der Waals surface area contributed by atoms with E-state index in [9.17, 15) is 9.59 Å². The Hall–Kier alpha value is -2.47. The number of carbonyl (C=O) groups excluding carboxylic acids is 2. The number of nitrogens with one attached hydrogen (secondary N) is 2. The lowest BCUT2D eigenvalue weighted by molar-refractivity contribution is -0.131. The van der Waals surface area contributed by atoms with Crippen LogP contribution < -0.4 is 15.6 Å². The van der Waals surface area contributed by atoms with Crippen molar-refractivity contribution in [2.45, 2.75) is 24.3 Å². The van der Waals surface area contributed by atoms with Crippen molar-refractivity contribution in [2.75, 3.05) is 5.75 Å². The molecular weight excluding hydrogens is 324 g/mol. The molecule has 0 fully saturated rings. The highest BCUT2D eigenvalue weighted by molar-refractivity contribution is 8.00. The number of carbonyl (C=O) groups is 2. The van der Waals surface area contributed by atoms with Crippen LogP contribution in [-0.4, -0.2) is 23.7 Å². The van der Waals surface area contributed by atoms with Gasteiger partial charge in [-0.2, -0.15) is 0 Å². The lowest BCUT2D eigenvalue weighted by Gasteiger charge is -2.12. The molecule has 0 saturated heterocycles. The molecule has 2 aromatic carbocycles. The van der Waals surface area contributed by atoms with Crippen molar-refractivity contribution in [1.82, 2.24) is 10.9 Å². The zero-order chi connectivity index (χ0) is 16.9. The lowest BCUT2D eigenvalue weighted by atomic mass is 10.1. The van der Waals surface area contributed by atoms with Crippen molar-refractivity contribution in [1.29, 1.82) is 0 Å². The topological polar surface area (TPSA) is 67.4 Å². The fourth-order valence-corrected chi connectivity index (χ4v) is 3.06. The smallest absolute Gasteiger partial charge is 0.279 e. The lowest BCUT2D eigenvalue weighted by Crippen LogP contribution is -2.48. The van der Waals surface area contributed by atoms with Gasteiger partial charge in [0.2, 0.25) is 5.91 Å². The van der Waals surface area contributed by atoms with Gasteiger partial charge < -0.3 is 4.74 Å². The number of para-hydroxylation sites is 1. The zero-order valence-corrected chi connectivity index (χ0v) is 14.1. The molecular formula is C18H18N2O3S. The van der Waals surface area contributed by atoms with Gasteiger partial charge in [-0.25, -0.2) is 0 Å². The first-order chi connectivity index (χ1) is 11.6. The van der Waals surface area contributed by atoms with Crippen LogP contribution in [0.1, 0.15) is 11.1 Å². The molecule has 1 atom stereocenters. The Morgan fingerprint density at radius 1 is 1.12 bits per heavy atom. The molecule has 24 heavy (non-hydrogen) atoms. The van der Waals surface area contributed by atoms with Crippen molar-refractivity contribution >= 4 is 23.6 Å². The normalized spacial score (nSPS) is 15.3. The van der Waals surface area contributed by atoms with Gasteiger partial charge in [0.15, 0.2) is 6.10 Å². The van der Waals surface area contributed by atoms with E-state index in [1.165, 1.54) is 17.3 Å². The summed E-state index contributed by atoms with van der Waals surface area (Å²) in [5, 5.41) is 0. The summed E-state index contributed by atoms with van der Waals surface area (Å²) in [6.07, 6.45) is -0.0943. The average molecular weight is 342 g/mol. The summed E-state index contributed by atoms with van der Waals surface area (Å²) in [6.45, 7) is 2.01. The maximum Gasteiger partial charge on any atom is 0.279 e. The van der Waals surface area contributed by atoms with Gasteiger partial charge in [0.25, 0.3) is 5.91 Å². The van der Waals surface area contributed by atoms with Gasteiger partial charge in [0.05, 0.1) is 5.75 Å². The Balaban J connectivity index is 1.42. The number of hydrogen-bond acceptors (Lipinski definition) is 4. The molecule has 0 bridgehead atoms. The van der Waals surface area contributed by atoms with Gasteiger partial charge in [-0.1, -0.05) is 35.9 Å². The Labute approximate surface area is 144 Å². The van der Waals surface area contributed by atoms with Gasteiger partial charge in [0, 0.05) is 11.3 Å². The van der Waals surface area contributed by atoms with Gasteiger partial charge >= 0.3 is 0 Å². The fraction of sp³-hybridized carbons (Fsp3) is 0.222. The Bertz CT molecular complexity index is 721. The molecule has 0 saturated carbocycles. The minimum atomic E-state index is -0.604.